The van der Waals surface area contributed by atoms with Crippen LogP contribution in [-0.2, 0) is 19.6 Å². The Morgan fingerprint density at radius 3 is 2.67 bits per heavy atom. The summed E-state index contributed by atoms with van der Waals surface area (Å²) in [5.41, 5.74) is -0.845. The van der Waals surface area contributed by atoms with E-state index in [-0.39, 0.29) is 24.5 Å². The van der Waals surface area contributed by atoms with Crippen LogP contribution in [0, 0.1) is 0 Å². The Balaban J connectivity index is 1.67. The number of carbonyl (C=O) groups excluding carboxylic acids is 1. The van der Waals surface area contributed by atoms with E-state index in [9.17, 15) is 18.3 Å². The molecule has 0 aromatic heterocycles. The number of nitrogens with zero attached hydrogens (tertiary/aromatic N) is 2. The highest BCUT2D eigenvalue weighted by Crippen LogP contribution is 2.36. The Bertz CT molecular complexity index is 531. The van der Waals surface area contributed by atoms with E-state index in [2.05, 4.69) is 0 Å². The molecule has 2 atom stereocenters. The van der Waals surface area contributed by atoms with Crippen molar-refractivity contribution in [2.75, 3.05) is 32.5 Å². The van der Waals surface area contributed by atoms with E-state index in [0.717, 1.165) is 6.42 Å². The van der Waals surface area contributed by atoms with Crippen LogP contribution in [-0.4, -0.2) is 78.9 Å². The predicted octanol–water partition coefficient (Wildman–Crippen LogP) is -0.837. The van der Waals surface area contributed by atoms with Crippen molar-refractivity contribution in [2.45, 2.75) is 43.4 Å². The van der Waals surface area contributed by atoms with Crippen LogP contribution in [0.5, 0.6) is 0 Å². The molecule has 2 aliphatic heterocycles. The lowest BCUT2D eigenvalue weighted by Crippen LogP contribution is -2.52. The van der Waals surface area contributed by atoms with Gasteiger partial charge in [-0.2, -0.15) is 4.31 Å². The van der Waals surface area contributed by atoms with Crippen molar-refractivity contribution in [3.63, 3.8) is 0 Å². The van der Waals surface area contributed by atoms with E-state index in [4.69, 9.17) is 4.74 Å². The quantitative estimate of drug-likeness (QED) is 0.733. The number of carbonyl (C=O) groups is 1. The van der Waals surface area contributed by atoms with Gasteiger partial charge >= 0.3 is 0 Å². The maximum Gasteiger partial charge on any atom is 0.225 e. The maximum atomic E-state index is 12.3. The van der Waals surface area contributed by atoms with Gasteiger partial charge in [-0.15, -0.1) is 0 Å². The fraction of sp³-hybridized carbons (Fsp3) is 0.923. The van der Waals surface area contributed by atoms with Gasteiger partial charge in [0.05, 0.1) is 37.0 Å². The summed E-state index contributed by atoms with van der Waals surface area (Å²) in [6.07, 6.45) is 3.37. The molecule has 1 saturated carbocycles. The van der Waals surface area contributed by atoms with Gasteiger partial charge < -0.3 is 14.7 Å². The van der Waals surface area contributed by atoms with Crippen LogP contribution in [0.25, 0.3) is 0 Å². The fourth-order valence-electron chi connectivity index (χ4n) is 3.43. The number of aliphatic hydroxyl groups is 1. The molecule has 1 amide bonds. The molecule has 7 nitrogen and oxygen atoms in total. The van der Waals surface area contributed by atoms with Crippen LogP contribution < -0.4 is 0 Å². The number of hydrogen-bond donors (Lipinski definition) is 1. The third-order valence-corrected chi connectivity index (χ3v) is 6.10. The zero-order valence-corrected chi connectivity index (χ0v) is 13.0. The molecule has 1 aliphatic carbocycles. The fourth-order valence-corrected chi connectivity index (χ4v) is 4.53. The second-order valence-electron chi connectivity index (χ2n) is 6.40. The van der Waals surface area contributed by atoms with Crippen molar-refractivity contribution in [1.82, 2.24) is 9.21 Å². The van der Waals surface area contributed by atoms with Crippen molar-refractivity contribution >= 4 is 15.9 Å². The minimum absolute atomic E-state index is 0.108. The summed E-state index contributed by atoms with van der Waals surface area (Å²) >= 11 is 0. The Kier molecular flexibility index (Phi) is 3.76. The molecule has 0 bridgehead atoms. The highest BCUT2D eigenvalue weighted by Gasteiger charge is 2.46. The van der Waals surface area contributed by atoms with Gasteiger partial charge in [0.2, 0.25) is 15.9 Å². The van der Waals surface area contributed by atoms with Gasteiger partial charge in [-0.1, -0.05) is 0 Å². The van der Waals surface area contributed by atoms with Gasteiger partial charge in [0.25, 0.3) is 0 Å². The Morgan fingerprint density at radius 1 is 1.38 bits per heavy atom. The lowest BCUT2D eigenvalue weighted by molar-refractivity contribution is -0.139. The van der Waals surface area contributed by atoms with Gasteiger partial charge in [-0.3, -0.25) is 4.79 Å². The number of hydrogen-bond acceptors (Lipinski definition) is 5. The van der Waals surface area contributed by atoms with Crippen molar-refractivity contribution in [3.05, 3.63) is 0 Å². The van der Waals surface area contributed by atoms with Crippen molar-refractivity contribution in [1.29, 1.82) is 0 Å². The first kappa shape index (κ1) is 15.2. The van der Waals surface area contributed by atoms with Crippen LogP contribution in [0.2, 0.25) is 0 Å². The molecule has 21 heavy (non-hydrogen) atoms. The van der Waals surface area contributed by atoms with Gasteiger partial charge in [-0.05, 0) is 19.3 Å². The first-order valence-corrected chi connectivity index (χ1v) is 9.22. The molecule has 0 spiro atoms. The van der Waals surface area contributed by atoms with Crippen LogP contribution in [0.4, 0.5) is 0 Å². The van der Waals surface area contributed by atoms with E-state index in [1.54, 1.807) is 4.90 Å². The SMILES string of the molecule is CS(=O)(=O)N1CCO[C@H]2CN(C(=O)CC3(O)CCC3)C[C@H]21. The number of fused-ring (bicyclic) bond motifs is 1. The number of rotatable bonds is 3. The molecule has 2 heterocycles. The van der Waals surface area contributed by atoms with E-state index in [1.807, 2.05) is 0 Å². The molecule has 1 N–H and O–H groups in total. The van der Waals surface area contributed by atoms with E-state index in [1.165, 1.54) is 10.6 Å². The summed E-state index contributed by atoms with van der Waals surface area (Å²) in [5.74, 6) is -0.108. The molecule has 2 saturated heterocycles. The summed E-state index contributed by atoms with van der Waals surface area (Å²) < 4.78 is 30.7. The largest absolute Gasteiger partial charge is 0.389 e. The molecule has 3 aliphatic rings. The van der Waals surface area contributed by atoms with Gasteiger partial charge in [0, 0.05) is 19.6 Å². The maximum absolute atomic E-state index is 12.3. The standard InChI is InChI=1S/C13H22N2O5S/c1-21(18,19)15-5-6-20-11-9-14(8-10(11)15)12(16)7-13(17)3-2-4-13/h10-11,17H,2-9H2,1H3/t10-,11+/m1/s1. The lowest BCUT2D eigenvalue weighted by atomic mass is 9.77. The summed E-state index contributed by atoms with van der Waals surface area (Å²) in [6, 6.07) is -0.297. The van der Waals surface area contributed by atoms with Gasteiger partial charge in [-0.25, -0.2) is 8.42 Å². The topological polar surface area (TPSA) is 87.2 Å². The zero-order chi connectivity index (χ0) is 15.3. The van der Waals surface area contributed by atoms with Gasteiger partial charge in [0.15, 0.2) is 0 Å². The van der Waals surface area contributed by atoms with Crippen LogP contribution in [0.3, 0.4) is 0 Å². The van der Waals surface area contributed by atoms with Crippen LogP contribution in [0.15, 0.2) is 0 Å². The summed E-state index contributed by atoms with van der Waals surface area (Å²) in [5, 5.41) is 10.1. The van der Waals surface area contributed by atoms with E-state index in [0.29, 0.717) is 39.1 Å². The number of morpholine rings is 1. The third-order valence-electron chi connectivity index (χ3n) is 4.79. The number of ether oxygens (including phenoxy) is 1. The summed E-state index contributed by atoms with van der Waals surface area (Å²) in [7, 11) is -3.29. The van der Waals surface area contributed by atoms with Crippen molar-refractivity contribution < 1.29 is 23.1 Å². The smallest absolute Gasteiger partial charge is 0.225 e. The van der Waals surface area contributed by atoms with Crippen LogP contribution >= 0.6 is 0 Å². The minimum Gasteiger partial charge on any atom is -0.389 e. The third kappa shape index (κ3) is 2.94. The number of amides is 1. The Morgan fingerprint density at radius 2 is 2.10 bits per heavy atom. The normalized spacial score (nSPS) is 32.6. The zero-order valence-electron chi connectivity index (χ0n) is 12.2. The predicted molar refractivity (Wildman–Crippen MR) is 75.1 cm³/mol. The number of sulfonamides is 1. The first-order chi connectivity index (χ1) is 9.78. The van der Waals surface area contributed by atoms with Crippen molar-refractivity contribution in [3.8, 4) is 0 Å². The molecular formula is C13H22N2O5S. The van der Waals surface area contributed by atoms with Crippen LogP contribution in [0.1, 0.15) is 25.7 Å². The molecule has 0 radical (unpaired) electrons. The van der Waals surface area contributed by atoms with Gasteiger partial charge in [0.1, 0.15) is 0 Å². The van der Waals surface area contributed by atoms with E-state index >= 15 is 0 Å². The summed E-state index contributed by atoms with van der Waals surface area (Å²) in [4.78, 5) is 13.9. The highest BCUT2D eigenvalue weighted by atomic mass is 32.2. The molecular weight excluding hydrogens is 296 g/mol. The lowest BCUT2D eigenvalue weighted by Gasteiger charge is -2.37. The minimum atomic E-state index is -3.29. The molecule has 3 fully saturated rings. The molecule has 3 rings (SSSR count). The monoisotopic (exact) mass is 318 g/mol. The molecule has 0 aromatic carbocycles. The average Bonchev–Trinajstić information content (AvgIpc) is 2.79. The van der Waals surface area contributed by atoms with E-state index < -0.39 is 15.6 Å². The Hall–Kier alpha value is -0.700. The molecule has 8 heteroatoms. The van der Waals surface area contributed by atoms with Crippen molar-refractivity contribution in [2.24, 2.45) is 0 Å². The highest BCUT2D eigenvalue weighted by molar-refractivity contribution is 7.88. The first-order valence-electron chi connectivity index (χ1n) is 7.37. The second-order valence-corrected chi connectivity index (χ2v) is 8.34. The Labute approximate surface area is 124 Å². The molecule has 0 aromatic rings. The number of likely N-dealkylation sites (tertiary alicyclic amines) is 1. The second kappa shape index (κ2) is 5.19. The average molecular weight is 318 g/mol. The molecule has 0 unspecified atom stereocenters. The molecule has 120 valence electrons. The summed E-state index contributed by atoms with van der Waals surface area (Å²) in [6.45, 7) is 1.46.